The van der Waals surface area contributed by atoms with E-state index in [0.717, 1.165) is 5.56 Å². The molecule has 1 aromatic carbocycles. The van der Waals surface area contributed by atoms with Gasteiger partial charge in [0.1, 0.15) is 0 Å². The molecule has 1 fully saturated rings. The average molecular weight is 333 g/mol. The maximum absolute atomic E-state index is 12.1. The van der Waals surface area contributed by atoms with Gasteiger partial charge in [-0.1, -0.05) is 17.7 Å². The van der Waals surface area contributed by atoms with Crippen molar-refractivity contribution in [1.82, 2.24) is 10.0 Å². The number of sulfonamides is 1. The molecule has 7 heteroatoms. The van der Waals surface area contributed by atoms with E-state index in [9.17, 15) is 8.42 Å². The van der Waals surface area contributed by atoms with Gasteiger partial charge in [-0.3, -0.25) is 0 Å². The van der Waals surface area contributed by atoms with Gasteiger partial charge in [-0.15, -0.1) is 0 Å². The largest absolute Gasteiger partial charge is 0.380 e. The highest BCUT2D eigenvalue weighted by molar-refractivity contribution is 7.89. The number of hydrogen-bond donors (Lipinski definition) is 2. The highest BCUT2D eigenvalue weighted by Crippen LogP contribution is 2.23. The predicted octanol–water partition coefficient (Wildman–Crippen LogP) is 1.91. The monoisotopic (exact) mass is 332 g/mol. The van der Waals surface area contributed by atoms with Gasteiger partial charge in [0.15, 0.2) is 0 Å². The van der Waals surface area contributed by atoms with Crippen LogP contribution in [0.25, 0.3) is 0 Å². The summed E-state index contributed by atoms with van der Waals surface area (Å²) >= 11 is 6.17. The summed E-state index contributed by atoms with van der Waals surface area (Å²) in [6.07, 6.45) is 2.40. The van der Waals surface area contributed by atoms with Gasteiger partial charge in [-0.25, -0.2) is 13.1 Å². The van der Waals surface area contributed by atoms with Gasteiger partial charge in [0, 0.05) is 30.8 Å². The van der Waals surface area contributed by atoms with Crippen LogP contribution in [-0.2, 0) is 21.3 Å². The standard InChI is InChI=1S/C14H21ClN2O3S/c1-2-20-8-7-17-21(18,19)13-6-3-11(14(15)9-13)10-16-12-4-5-12/h3,6,9,12,16-17H,2,4-5,7-8,10H2,1H3. The molecule has 1 saturated carbocycles. The number of halogens is 1. The Balaban J connectivity index is 1.96. The molecule has 1 aromatic rings. The molecule has 0 unspecified atom stereocenters. The Morgan fingerprint density at radius 3 is 2.76 bits per heavy atom. The second kappa shape index (κ2) is 7.56. The quantitative estimate of drug-likeness (QED) is 0.678. The molecule has 0 amide bonds. The van der Waals surface area contributed by atoms with Crippen molar-refractivity contribution in [2.75, 3.05) is 19.8 Å². The molecule has 2 N–H and O–H groups in total. The fourth-order valence-corrected chi connectivity index (χ4v) is 3.21. The van der Waals surface area contributed by atoms with E-state index in [4.69, 9.17) is 16.3 Å². The van der Waals surface area contributed by atoms with E-state index >= 15 is 0 Å². The van der Waals surface area contributed by atoms with Crippen molar-refractivity contribution in [3.63, 3.8) is 0 Å². The molecule has 0 aromatic heterocycles. The Morgan fingerprint density at radius 1 is 1.38 bits per heavy atom. The van der Waals surface area contributed by atoms with Crippen LogP contribution in [0.1, 0.15) is 25.3 Å². The lowest BCUT2D eigenvalue weighted by molar-refractivity contribution is 0.153. The Kier molecular flexibility index (Phi) is 6.01. The van der Waals surface area contributed by atoms with Crippen molar-refractivity contribution in [2.24, 2.45) is 0 Å². The maximum Gasteiger partial charge on any atom is 0.240 e. The van der Waals surface area contributed by atoms with Gasteiger partial charge in [-0.05, 0) is 37.5 Å². The van der Waals surface area contributed by atoms with Gasteiger partial charge >= 0.3 is 0 Å². The highest BCUT2D eigenvalue weighted by Gasteiger charge is 2.21. The zero-order valence-electron chi connectivity index (χ0n) is 12.1. The summed E-state index contributed by atoms with van der Waals surface area (Å²) < 4.78 is 31.8. The minimum Gasteiger partial charge on any atom is -0.380 e. The second-order valence-electron chi connectivity index (χ2n) is 5.00. The molecule has 0 saturated heterocycles. The third-order valence-corrected chi connectivity index (χ3v) is 5.05. The number of rotatable bonds is 9. The SMILES string of the molecule is CCOCCNS(=O)(=O)c1ccc(CNC2CC2)c(Cl)c1. The molecular weight excluding hydrogens is 312 g/mol. The smallest absolute Gasteiger partial charge is 0.240 e. The van der Waals surface area contributed by atoms with Crippen molar-refractivity contribution in [2.45, 2.75) is 37.2 Å². The Hall–Kier alpha value is -0.660. The summed E-state index contributed by atoms with van der Waals surface area (Å²) in [4.78, 5) is 0.180. The molecule has 21 heavy (non-hydrogen) atoms. The van der Waals surface area contributed by atoms with Crippen LogP contribution in [0.2, 0.25) is 5.02 Å². The Morgan fingerprint density at radius 2 is 2.14 bits per heavy atom. The molecule has 1 aliphatic carbocycles. The van der Waals surface area contributed by atoms with Crippen molar-refractivity contribution in [1.29, 1.82) is 0 Å². The van der Waals surface area contributed by atoms with E-state index in [-0.39, 0.29) is 11.4 Å². The van der Waals surface area contributed by atoms with Crippen LogP contribution in [0.5, 0.6) is 0 Å². The summed E-state index contributed by atoms with van der Waals surface area (Å²) in [5.74, 6) is 0. The van der Waals surface area contributed by atoms with E-state index in [1.54, 1.807) is 12.1 Å². The van der Waals surface area contributed by atoms with E-state index in [0.29, 0.717) is 30.8 Å². The zero-order valence-corrected chi connectivity index (χ0v) is 13.6. The summed E-state index contributed by atoms with van der Waals surface area (Å²) in [6, 6.07) is 5.42. The van der Waals surface area contributed by atoms with Crippen molar-refractivity contribution >= 4 is 21.6 Å². The first-order chi connectivity index (χ1) is 10.0. The predicted molar refractivity (Wildman–Crippen MR) is 83.0 cm³/mol. The van der Waals surface area contributed by atoms with Gasteiger partial charge in [0.05, 0.1) is 11.5 Å². The van der Waals surface area contributed by atoms with Crippen LogP contribution in [0.3, 0.4) is 0 Å². The van der Waals surface area contributed by atoms with E-state index < -0.39 is 10.0 Å². The molecule has 0 spiro atoms. The van der Waals surface area contributed by atoms with Gasteiger partial charge in [0.25, 0.3) is 0 Å². The molecule has 0 bridgehead atoms. The first-order valence-corrected chi connectivity index (χ1v) is 8.98. The topological polar surface area (TPSA) is 67.4 Å². The summed E-state index contributed by atoms with van der Waals surface area (Å²) in [5, 5.41) is 3.82. The molecular formula is C14H21ClN2O3S. The summed E-state index contributed by atoms with van der Waals surface area (Å²) in [6.45, 7) is 3.70. The fraction of sp³-hybridized carbons (Fsp3) is 0.571. The first-order valence-electron chi connectivity index (χ1n) is 7.12. The van der Waals surface area contributed by atoms with Crippen LogP contribution in [0, 0.1) is 0 Å². The van der Waals surface area contributed by atoms with Crippen LogP contribution in [0.4, 0.5) is 0 Å². The Bertz CT molecular complexity index is 574. The second-order valence-corrected chi connectivity index (χ2v) is 7.18. The van der Waals surface area contributed by atoms with E-state index in [2.05, 4.69) is 10.0 Å². The summed E-state index contributed by atoms with van der Waals surface area (Å²) in [7, 11) is -3.53. The van der Waals surface area contributed by atoms with Gasteiger partial charge in [0.2, 0.25) is 10.0 Å². The summed E-state index contributed by atoms with van der Waals surface area (Å²) in [5.41, 5.74) is 0.914. The van der Waals surface area contributed by atoms with E-state index in [1.165, 1.54) is 18.9 Å². The lowest BCUT2D eigenvalue weighted by Crippen LogP contribution is -2.27. The van der Waals surface area contributed by atoms with Crippen LogP contribution >= 0.6 is 11.6 Å². The molecule has 118 valence electrons. The Labute approximate surface area is 131 Å². The molecule has 5 nitrogen and oxygen atoms in total. The number of nitrogens with one attached hydrogen (secondary N) is 2. The van der Waals surface area contributed by atoms with Crippen LogP contribution in [0.15, 0.2) is 23.1 Å². The minimum atomic E-state index is -3.53. The van der Waals surface area contributed by atoms with Crippen molar-refractivity contribution < 1.29 is 13.2 Å². The maximum atomic E-state index is 12.1. The normalized spacial score (nSPS) is 15.3. The van der Waals surface area contributed by atoms with Crippen molar-refractivity contribution in [3.05, 3.63) is 28.8 Å². The molecule has 0 radical (unpaired) electrons. The lowest BCUT2D eigenvalue weighted by atomic mass is 10.2. The number of hydrogen-bond acceptors (Lipinski definition) is 4. The molecule has 0 heterocycles. The van der Waals surface area contributed by atoms with Gasteiger partial charge in [-0.2, -0.15) is 0 Å². The highest BCUT2D eigenvalue weighted by atomic mass is 35.5. The molecule has 0 atom stereocenters. The zero-order chi connectivity index (χ0) is 15.3. The third-order valence-electron chi connectivity index (χ3n) is 3.24. The van der Waals surface area contributed by atoms with Crippen LogP contribution < -0.4 is 10.0 Å². The van der Waals surface area contributed by atoms with E-state index in [1.807, 2.05) is 6.92 Å². The molecule has 0 aliphatic heterocycles. The van der Waals surface area contributed by atoms with Crippen LogP contribution in [-0.4, -0.2) is 34.2 Å². The third kappa shape index (κ3) is 5.23. The fourth-order valence-electron chi connectivity index (χ4n) is 1.86. The first kappa shape index (κ1) is 16.7. The minimum absolute atomic E-state index is 0.180. The molecule has 1 aliphatic rings. The van der Waals surface area contributed by atoms with Crippen molar-refractivity contribution in [3.8, 4) is 0 Å². The van der Waals surface area contributed by atoms with Gasteiger partial charge < -0.3 is 10.1 Å². The average Bonchev–Trinajstić information content (AvgIpc) is 3.26. The number of benzene rings is 1. The molecule has 2 rings (SSSR count). The lowest BCUT2D eigenvalue weighted by Gasteiger charge is -2.10. The number of ether oxygens (including phenoxy) is 1.